The summed E-state index contributed by atoms with van der Waals surface area (Å²) >= 11 is 6.18. The Morgan fingerprint density at radius 2 is 2.00 bits per heavy atom. The van der Waals surface area contributed by atoms with Gasteiger partial charge >= 0.3 is 0 Å². The second kappa shape index (κ2) is 9.45. The summed E-state index contributed by atoms with van der Waals surface area (Å²) in [5.41, 5.74) is 2.96. The van der Waals surface area contributed by atoms with E-state index in [0.29, 0.717) is 46.7 Å². The van der Waals surface area contributed by atoms with Crippen LogP contribution in [0.25, 0.3) is 22.4 Å². The SMILES string of the molecule is CC(C)OCCCNc1cc(-c2cccc3c2OCO3)cc(-c2cc(Cl)ccc2O)n1. The van der Waals surface area contributed by atoms with Gasteiger partial charge in [0, 0.05) is 29.3 Å². The molecular formula is C24H25ClN2O4. The fraction of sp³-hybridized carbons (Fsp3) is 0.292. The monoisotopic (exact) mass is 440 g/mol. The van der Waals surface area contributed by atoms with Crippen LogP contribution in [0, 0.1) is 0 Å². The van der Waals surface area contributed by atoms with Gasteiger partial charge in [-0.25, -0.2) is 4.98 Å². The largest absolute Gasteiger partial charge is 0.507 e. The van der Waals surface area contributed by atoms with Gasteiger partial charge < -0.3 is 24.6 Å². The third kappa shape index (κ3) is 5.03. The average molecular weight is 441 g/mol. The van der Waals surface area contributed by atoms with E-state index in [0.717, 1.165) is 17.5 Å². The number of para-hydroxylation sites is 1. The molecule has 2 heterocycles. The summed E-state index contributed by atoms with van der Waals surface area (Å²) < 4.78 is 16.8. The normalized spacial score (nSPS) is 12.4. The molecule has 31 heavy (non-hydrogen) atoms. The summed E-state index contributed by atoms with van der Waals surface area (Å²) in [6.07, 6.45) is 1.06. The quantitative estimate of drug-likeness (QED) is 0.436. The van der Waals surface area contributed by atoms with Crippen molar-refractivity contribution in [2.75, 3.05) is 25.3 Å². The number of ether oxygens (including phenoxy) is 3. The van der Waals surface area contributed by atoms with Gasteiger partial charge in [-0.15, -0.1) is 0 Å². The van der Waals surface area contributed by atoms with Crippen molar-refractivity contribution in [2.45, 2.75) is 26.4 Å². The lowest BCUT2D eigenvalue weighted by Gasteiger charge is -2.14. The van der Waals surface area contributed by atoms with Crippen molar-refractivity contribution < 1.29 is 19.3 Å². The number of benzene rings is 2. The Labute approximate surface area is 186 Å². The van der Waals surface area contributed by atoms with Crippen LogP contribution in [0.15, 0.2) is 48.5 Å². The summed E-state index contributed by atoms with van der Waals surface area (Å²) in [6.45, 7) is 5.61. The van der Waals surface area contributed by atoms with E-state index in [2.05, 4.69) is 5.32 Å². The van der Waals surface area contributed by atoms with Crippen LogP contribution in [-0.4, -0.2) is 36.1 Å². The third-order valence-corrected chi connectivity index (χ3v) is 5.08. The number of aromatic hydroxyl groups is 1. The Balaban J connectivity index is 1.69. The van der Waals surface area contributed by atoms with Crippen molar-refractivity contribution in [1.82, 2.24) is 4.98 Å². The molecule has 0 unspecified atom stereocenters. The first-order valence-corrected chi connectivity index (χ1v) is 10.6. The number of halogens is 1. The molecule has 162 valence electrons. The summed E-state index contributed by atoms with van der Waals surface area (Å²) in [5.74, 6) is 2.21. The minimum absolute atomic E-state index is 0.114. The van der Waals surface area contributed by atoms with Gasteiger partial charge in [-0.1, -0.05) is 23.7 Å². The molecule has 0 amide bonds. The van der Waals surface area contributed by atoms with Crippen LogP contribution in [0.4, 0.5) is 5.82 Å². The van der Waals surface area contributed by atoms with Crippen LogP contribution >= 0.6 is 11.6 Å². The zero-order chi connectivity index (χ0) is 21.8. The molecular weight excluding hydrogens is 416 g/mol. The summed E-state index contributed by atoms with van der Waals surface area (Å²) in [6, 6.07) is 14.6. The Hall–Kier alpha value is -2.96. The Morgan fingerprint density at radius 3 is 2.84 bits per heavy atom. The minimum atomic E-state index is 0.114. The van der Waals surface area contributed by atoms with Gasteiger partial charge in [0.05, 0.1) is 11.8 Å². The number of rotatable bonds is 8. The van der Waals surface area contributed by atoms with Crippen LogP contribution in [-0.2, 0) is 4.74 Å². The molecule has 0 radical (unpaired) electrons. The number of hydrogen-bond donors (Lipinski definition) is 2. The van der Waals surface area contributed by atoms with Crippen molar-refractivity contribution in [1.29, 1.82) is 0 Å². The van der Waals surface area contributed by atoms with Crippen LogP contribution in [0.5, 0.6) is 17.2 Å². The van der Waals surface area contributed by atoms with E-state index in [-0.39, 0.29) is 18.6 Å². The predicted octanol–water partition coefficient (Wildman–Crippen LogP) is 5.73. The van der Waals surface area contributed by atoms with E-state index >= 15 is 0 Å². The van der Waals surface area contributed by atoms with Gasteiger partial charge in [-0.2, -0.15) is 0 Å². The number of phenols is 1. The molecule has 0 bridgehead atoms. The average Bonchev–Trinajstić information content (AvgIpc) is 3.24. The minimum Gasteiger partial charge on any atom is -0.507 e. The summed E-state index contributed by atoms with van der Waals surface area (Å²) in [4.78, 5) is 4.71. The van der Waals surface area contributed by atoms with Crippen molar-refractivity contribution in [3.05, 3.63) is 53.6 Å². The van der Waals surface area contributed by atoms with Gasteiger partial charge in [0.2, 0.25) is 6.79 Å². The molecule has 3 aromatic rings. The maximum atomic E-state index is 10.4. The van der Waals surface area contributed by atoms with Crippen LogP contribution in [0.1, 0.15) is 20.3 Å². The molecule has 1 aliphatic heterocycles. The first-order chi connectivity index (χ1) is 15.0. The number of hydrogen-bond acceptors (Lipinski definition) is 6. The van der Waals surface area contributed by atoms with Crippen LogP contribution in [0.2, 0.25) is 5.02 Å². The lowest BCUT2D eigenvalue weighted by molar-refractivity contribution is 0.0787. The fourth-order valence-electron chi connectivity index (χ4n) is 3.39. The Kier molecular flexibility index (Phi) is 6.49. The highest BCUT2D eigenvalue weighted by Gasteiger charge is 2.20. The van der Waals surface area contributed by atoms with Gasteiger partial charge in [0.25, 0.3) is 0 Å². The number of aromatic nitrogens is 1. The molecule has 0 saturated heterocycles. The summed E-state index contributed by atoms with van der Waals surface area (Å²) in [7, 11) is 0. The van der Waals surface area contributed by atoms with Gasteiger partial charge in [0.15, 0.2) is 11.5 Å². The maximum Gasteiger partial charge on any atom is 0.231 e. The lowest BCUT2D eigenvalue weighted by atomic mass is 10.0. The molecule has 1 aliphatic rings. The van der Waals surface area contributed by atoms with Crippen LogP contribution in [0.3, 0.4) is 0 Å². The highest BCUT2D eigenvalue weighted by Crippen LogP contribution is 2.43. The van der Waals surface area contributed by atoms with Crippen LogP contribution < -0.4 is 14.8 Å². The maximum absolute atomic E-state index is 10.4. The molecule has 0 fully saturated rings. The van der Waals surface area contributed by atoms with Crippen molar-refractivity contribution in [3.8, 4) is 39.6 Å². The first kappa shape index (κ1) is 21.3. The zero-order valence-electron chi connectivity index (χ0n) is 17.5. The second-order valence-electron chi connectivity index (χ2n) is 7.53. The molecule has 0 atom stereocenters. The van der Waals surface area contributed by atoms with E-state index in [1.807, 2.05) is 44.2 Å². The fourth-order valence-corrected chi connectivity index (χ4v) is 3.57. The van der Waals surface area contributed by atoms with Crippen molar-refractivity contribution in [2.24, 2.45) is 0 Å². The highest BCUT2D eigenvalue weighted by atomic mass is 35.5. The van der Waals surface area contributed by atoms with E-state index in [4.69, 9.17) is 30.8 Å². The number of nitrogens with one attached hydrogen (secondary N) is 1. The van der Waals surface area contributed by atoms with Gasteiger partial charge in [0.1, 0.15) is 11.6 Å². The van der Waals surface area contributed by atoms with Crippen molar-refractivity contribution >= 4 is 17.4 Å². The molecule has 1 aromatic heterocycles. The third-order valence-electron chi connectivity index (χ3n) is 4.85. The van der Waals surface area contributed by atoms with E-state index in [1.165, 1.54) is 0 Å². The van der Waals surface area contributed by atoms with E-state index in [9.17, 15) is 5.11 Å². The van der Waals surface area contributed by atoms with Gasteiger partial charge in [-0.05, 0) is 62.2 Å². The summed E-state index contributed by atoms with van der Waals surface area (Å²) in [5, 5.41) is 14.3. The molecule has 0 saturated carbocycles. The molecule has 4 rings (SSSR count). The topological polar surface area (TPSA) is 72.8 Å². The number of fused-ring (bicyclic) bond motifs is 1. The number of anilines is 1. The Bertz CT molecular complexity index is 1070. The molecule has 0 spiro atoms. The lowest BCUT2D eigenvalue weighted by Crippen LogP contribution is -2.10. The predicted molar refractivity (Wildman–Crippen MR) is 122 cm³/mol. The number of phenolic OH excluding ortho intramolecular Hbond substituents is 1. The zero-order valence-corrected chi connectivity index (χ0v) is 18.3. The number of pyridine rings is 1. The molecule has 7 heteroatoms. The molecule has 0 aliphatic carbocycles. The first-order valence-electron chi connectivity index (χ1n) is 10.3. The Morgan fingerprint density at radius 1 is 1.13 bits per heavy atom. The number of nitrogens with zero attached hydrogens (tertiary/aromatic N) is 1. The standard InChI is InChI=1S/C24H25ClN2O4/c1-15(2)29-10-4-9-26-23-12-16(18-5-3-6-22-24(18)31-14-30-22)11-20(27-23)19-13-17(25)7-8-21(19)28/h3,5-8,11-13,15,28H,4,9-10,14H2,1-2H3,(H,26,27). The smallest absolute Gasteiger partial charge is 0.231 e. The molecule has 2 N–H and O–H groups in total. The second-order valence-corrected chi connectivity index (χ2v) is 7.96. The highest BCUT2D eigenvalue weighted by molar-refractivity contribution is 6.31. The molecule has 2 aromatic carbocycles. The van der Waals surface area contributed by atoms with Crippen molar-refractivity contribution in [3.63, 3.8) is 0 Å². The van der Waals surface area contributed by atoms with Gasteiger partial charge in [-0.3, -0.25) is 0 Å². The van der Waals surface area contributed by atoms with E-state index in [1.54, 1.807) is 18.2 Å². The van der Waals surface area contributed by atoms with E-state index < -0.39 is 0 Å². The molecule has 6 nitrogen and oxygen atoms in total.